The van der Waals surface area contributed by atoms with Crippen LogP contribution in [0.5, 0.6) is 5.75 Å². The van der Waals surface area contributed by atoms with Gasteiger partial charge in [0.25, 0.3) is 0 Å². The van der Waals surface area contributed by atoms with Crippen molar-refractivity contribution < 1.29 is 24.2 Å². The lowest BCUT2D eigenvalue weighted by Crippen LogP contribution is -2.36. The molecule has 0 aromatic heterocycles. The van der Waals surface area contributed by atoms with Crippen molar-refractivity contribution in [3.63, 3.8) is 0 Å². The molecule has 1 aromatic rings. The smallest absolute Gasteiger partial charge is 0.465 e. The molecule has 0 saturated carbocycles. The van der Waals surface area contributed by atoms with Crippen molar-refractivity contribution in [2.24, 2.45) is 0 Å². The number of rotatable bonds is 5. The highest BCUT2D eigenvalue weighted by atomic mass is 16.7. The zero-order chi connectivity index (χ0) is 15.1. The maximum Gasteiger partial charge on any atom is 0.514 e. The van der Waals surface area contributed by atoms with E-state index in [0.29, 0.717) is 12.2 Å². The largest absolute Gasteiger partial charge is 0.514 e. The molecule has 0 aliphatic carbocycles. The van der Waals surface area contributed by atoms with Crippen LogP contribution in [0.25, 0.3) is 0 Å². The molecule has 20 heavy (non-hydrogen) atoms. The van der Waals surface area contributed by atoms with E-state index in [1.165, 1.54) is 11.9 Å². The molecule has 0 heterocycles. The third kappa shape index (κ3) is 5.17. The lowest BCUT2D eigenvalue weighted by Gasteiger charge is -2.24. The fourth-order valence-electron chi connectivity index (χ4n) is 1.65. The van der Waals surface area contributed by atoms with Gasteiger partial charge in [-0.2, -0.15) is 0 Å². The Morgan fingerprint density at radius 2 is 1.85 bits per heavy atom. The molecule has 1 amide bonds. The normalized spacial score (nSPS) is 13.2. The third-order valence-electron chi connectivity index (χ3n) is 2.88. The van der Waals surface area contributed by atoms with Gasteiger partial charge in [0.1, 0.15) is 11.9 Å². The zero-order valence-corrected chi connectivity index (χ0v) is 11.8. The number of para-hydroxylation sites is 1. The molecule has 0 aliphatic rings. The second kappa shape index (κ2) is 7.37. The number of benzene rings is 1. The molecule has 2 atom stereocenters. The van der Waals surface area contributed by atoms with Crippen LogP contribution >= 0.6 is 0 Å². The summed E-state index contributed by atoms with van der Waals surface area (Å²) in [5, 5.41) is 8.84. The molecule has 2 unspecified atom stereocenters. The van der Waals surface area contributed by atoms with Gasteiger partial charge < -0.3 is 19.5 Å². The van der Waals surface area contributed by atoms with E-state index in [-0.39, 0.29) is 6.04 Å². The van der Waals surface area contributed by atoms with Crippen molar-refractivity contribution in [3.05, 3.63) is 30.3 Å². The van der Waals surface area contributed by atoms with Gasteiger partial charge in [-0.15, -0.1) is 0 Å². The van der Waals surface area contributed by atoms with Crippen LogP contribution in [-0.2, 0) is 4.74 Å². The molecule has 1 N–H and O–H groups in total. The first-order valence-corrected chi connectivity index (χ1v) is 6.29. The van der Waals surface area contributed by atoms with E-state index in [1.807, 2.05) is 6.07 Å². The Hall–Kier alpha value is -2.24. The highest BCUT2D eigenvalue weighted by Gasteiger charge is 2.20. The first-order valence-electron chi connectivity index (χ1n) is 6.29. The van der Waals surface area contributed by atoms with Gasteiger partial charge in [-0.25, -0.2) is 9.59 Å². The quantitative estimate of drug-likeness (QED) is 0.663. The predicted molar refractivity (Wildman–Crippen MR) is 72.9 cm³/mol. The molecule has 0 aliphatic heterocycles. The number of hydrogen-bond donors (Lipinski definition) is 1. The number of hydrogen-bond acceptors (Lipinski definition) is 4. The summed E-state index contributed by atoms with van der Waals surface area (Å²) in [6.45, 7) is 3.44. The van der Waals surface area contributed by atoms with E-state index in [2.05, 4.69) is 0 Å². The molecule has 1 aromatic carbocycles. The average molecular weight is 281 g/mol. The minimum absolute atomic E-state index is 0.257. The first kappa shape index (κ1) is 15.8. The van der Waals surface area contributed by atoms with Crippen molar-refractivity contribution >= 4 is 12.2 Å². The Labute approximate surface area is 117 Å². The van der Waals surface area contributed by atoms with Crippen LogP contribution in [0, 0.1) is 0 Å². The van der Waals surface area contributed by atoms with Gasteiger partial charge in [0.15, 0.2) is 0 Å². The first-order chi connectivity index (χ1) is 9.40. The minimum atomic E-state index is -1.02. The molecule has 0 saturated heterocycles. The monoisotopic (exact) mass is 281 g/mol. The number of ether oxygens (including phenoxy) is 2. The number of carboxylic acid groups (broad SMARTS) is 1. The SMILES string of the molecule is CC(CC(C)N(C)C(=O)O)OC(=O)Oc1ccccc1. The van der Waals surface area contributed by atoms with Gasteiger partial charge in [0, 0.05) is 19.5 Å². The molecule has 110 valence electrons. The summed E-state index contributed by atoms with van der Waals surface area (Å²) >= 11 is 0. The average Bonchev–Trinajstić information content (AvgIpc) is 2.38. The van der Waals surface area contributed by atoms with Gasteiger partial charge in [0.05, 0.1) is 0 Å². The van der Waals surface area contributed by atoms with E-state index >= 15 is 0 Å². The Kier molecular flexibility index (Phi) is 5.83. The van der Waals surface area contributed by atoms with Gasteiger partial charge in [-0.1, -0.05) is 18.2 Å². The van der Waals surface area contributed by atoms with E-state index in [4.69, 9.17) is 14.6 Å². The highest BCUT2D eigenvalue weighted by molar-refractivity contribution is 5.65. The molecule has 6 nitrogen and oxygen atoms in total. The number of nitrogens with zero attached hydrogens (tertiary/aromatic N) is 1. The Bertz CT molecular complexity index is 448. The fraction of sp³-hybridized carbons (Fsp3) is 0.429. The van der Waals surface area contributed by atoms with Crippen LogP contribution in [0.1, 0.15) is 20.3 Å². The summed E-state index contributed by atoms with van der Waals surface area (Å²) in [6, 6.07) is 8.34. The molecule has 0 radical (unpaired) electrons. The second-order valence-electron chi connectivity index (χ2n) is 4.57. The lowest BCUT2D eigenvalue weighted by molar-refractivity contribution is 0.0511. The highest BCUT2D eigenvalue weighted by Crippen LogP contribution is 2.12. The molecule has 0 spiro atoms. The molecule has 1 rings (SSSR count). The van der Waals surface area contributed by atoms with Crippen molar-refractivity contribution in [1.29, 1.82) is 0 Å². The summed E-state index contributed by atoms with van der Waals surface area (Å²) in [7, 11) is 1.47. The van der Waals surface area contributed by atoms with Crippen LogP contribution in [0.3, 0.4) is 0 Å². The lowest BCUT2D eigenvalue weighted by atomic mass is 10.1. The van der Waals surface area contributed by atoms with Crippen molar-refractivity contribution in [1.82, 2.24) is 4.90 Å². The molecule has 0 fully saturated rings. The van der Waals surface area contributed by atoms with Gasteiger partial charge in [-0.3, -0.25) is 0 Å². The van der Waals surface area contributed by atoms with E-state index in [0.717, 1.165) is 0 Å². The van der Waals surface area contributed by atoms with Crippen LogP contribution in [0.2, 0.25) is 0 Å². The van der Waals surface area contributed by atoms with E-state index in [9.17, 15) is 9.59 Å². The van der Waals surface area contributed by atoms with Crippen LogP contribution < -0.4 is 4.74 Å². The van der Waals surface area contributed by atoms with Crippen molar-refractivity contribution in [2.45, 2.75) is 32.4 Å². The molecular weight excluding hydrogens is 262 g/mol. The number of amides is 1. The summed E-state index contributed by atoms with van der Waals surface area (Å²) < 4.78 is 10.1. The molecular formula is C14H19NO5. The van der Waals surface area contributed by atoms with Crippen molar-refractivity contribution in [2.75, 3.05) is 7.05 Å². The van der Waals surface area contributed by atoms with Crippen LogP contribution in [0.15, 0.2) is 30.3 Å². The fourth-order valence-corrected chi connectivity index (χ4v) is 1.65. The summed E-state index contributed by atoms with van der Waals surface area (Å²) in [5.74, 6) is 0.403. The molecule has 0 bridgehead atoms. The minimum Gasteiger partial charge on any atom is -0.465 e. The number of carbonyl (C=O) groups excluding carboxylic acids is 1. The maximum atomic E-state index is 11.5. The number of carbonyl (C=O) groups is 2. The molecule has 6 heteroatoms. The topological polar surface area (TPSA) is 76.1 Å². The van der Waals surface area contributed by atoms with E-state index in [1.54, 1.807) is 38.1 Å². The Morgan fingerprint density at radius 1 is 1.25 bits per heavy atom. The standard InChI is InChI=1S/C14H19NO5/c1-10(15(3)13(16)17)9-11(2)19-14(18)20-12-7-5-4-6-8-12/h4-8,10-11H,9H2,1-3H3,(H,16,17). The zero-order valence-electron chi connectivity index (χ0n) is 11.8. The summed E-state index contributed by atoms with van der Waals surface area (Å²) in [6.07, 6.45) is -1.86. The predicted octanol–water partition coefficient (Wildman–Crippen LogP) is 2.98. The third-order valence-corrected chi connectivity index (χ3v) is 2.88. The van der Waals surface area contributed by atoms with Gasteiger partial charge in [-0.05, 0) is 26.0 Å². The van der Waals surface area contributed by atoms with Gasteiger partial charge >= 0.3 is 12.2 Å². The second-order valence-corrected chi connectivity index (χ2v) is 4.57. The van der Waals surface area contributed by atoms with E-state index < -0.39 is 18.4 Å². The Balaban J connectivity index is 2.40. The maximum absolute atomic E-state index is 11.5. The summed E-state index contributed by atoms with van der Waals surface area (Å²) in [4.78, 5) is 23.5. The van der Waals surface area contributed by atoms with Crippen molar-refractivity contribution in [3.8, 4) is 5.75 Å². The Morgan fingerprint density at radius 3 is 2.40 bits per heavy atom. The van der Waals surface area contributed by atoms with Crippen LogP contribution in [-0.4, -0.2) is 41.4 Å². The van der Waals surface area contributed by atoms with Crippen LogP contribution in [0.4, 0.5) is 9.59 Å². The summed E-state index contributed by atoms with van der Waals surface area (Å²) in [5.41, 5.74) is 0. The van der Waals surface area contributed by atoms with Gasteiger partial charge in [0.2, 0.25) is 0 Å².